The molecule has 0 spiro atoms. The molecule has 3 aromatic carbocycles. The third-order valence-corrected chi connectivity index (χ3v) is 5.68. The lowest BCUT2D eigenvalue weighted by molar-refractivity contribution is -0.151. The van der Waals surface area contributed by atoms with Crippen molar-refractivity contribution in [3.63, 3.8) is 0 Å². The van der Waals surface area contributed by atoms with Crippen molar-refractivity contribution in [2.24, 2.45) is 0 Å². The van der Waals surface area contributed by atoms with E-state index in [2.05, 4.69) is 19.1 Å². The zero-order valence-corrected chi connectivity index (χ0v) is 19.5. The molecule has 3 rings (SSSR count). The summed E-state index contributed by atoms with van der Waals surface area (Å²) in [5.41, 5.74) is 5.24. The molecule has 4 heteroatoms. The quantitative estimate of drug-likeness (QED) is 0.331. The van der Waals surface area contributed by atoms with Crippen molar-refractivity contribution in [1.29, 1.82) is 0 Å². The number of carbonyl (C=O) groups is 2. The highest BCUT2D eigenvalue weighted by Gasteiger charge is 2.30. The van der Waals surface area contributed by atoms with E-state index in [4.69, 9.17) is 4.74 Å². The van der Waals surface area contributed by atoms with Crippen molar-refractivity contribution in [3.05, 3.63) is 113 Å². The number of esters is 1. The summed E-state index contributed by atoms with van der Waals surface area (Å²) in [4.78, 5) is 27.8. The maximum absolute atomic E-state index is 13.4. The molecule has 0 aromatic heterocycles. The Morgan fingerprint density at radius 2 is 1.52 bits per heavy atom. The van der Waals surface area contributed by atoms with Gasteiger partial charge in [-0.1, -0.05) is 91.3 Å². The lowest BCUT2D eigenvalue weighted by atomic mass is 10.0. The summed E-state index contributed by atoms with van der Waals surface area (Å²) in [6.07, 6.45) is 4.64. The van der Waals surface area contributed by atoms with Gasteiger partial charge in [0.25, 0.3) is 0 Å². The first-order chi connectivity index (χ1) is 16.0. The van der Waals surface area contributed by atoms with Crippen LogP contribution in [0.4, 0.5) is 0 Å². The molecule has 1 unspecified atom stereocenters. The number of carbonyl (C=O) groups excluding carboxylic acids is 2. The highest BCUT2D eigenvalue weighted by molar-refractivity contribution is 5.94. The molecule has 0 aliphatic heterocycles. The van der Waals surface area contributed by atoms with Gasteiger partial charge >= 0.3 is 5.97 Å². The molecule has 0 fully saturated rings. The number of ether oxygens (including phenoxy) is 1. The van der Waals surface area contributed by atoms with Gasteiger partial charge in [0.1, 0.15) is 6.04 Å². The van der Waals surface area contributed by atoms with Gasteiger partial charge in [-0.25, -0.2) is 4.79 Å². The molecular weight excluding hydrogens is 410 g/mol. The SMILES string of the molecule is CCc1ccc(CN(C(=O)C=Cc2ccc(C)cc2)C(Cc2ccccc2)C(=O)OC)cc1. The minimum Gasteiger partial charge on any atom is -0.467 e. The van der Waals surface area contributed by atoms with Crippen molar-refractivity contribution < 1.29 is 14.3 Å². The van der Waals surface area contributed by atoms with Crippen LogP contribution in [-0.4, -0.2) is 29.9 Å². The molecule has 0 heterocycles. The second-order valence-electron chi connectivity index (χ2n) is 8.11. The molecule has 0 saturated carbocycles. The molecule has 0 saturated heterocycles. The van der Waals surface area contributed by atoms with Gasteiger partial charge in [0.2, 0.25) is 5.91 Å². The number of methoxy groups -OCH3 is 1. The molecular formula is C29H31NO3. The molecule has 33 heavy (non-hydrogen) atoms. The van der Waals surface area contributed by atoms with Crippen LogP contribution in [0.1, 0.15) is 34.7 Å². The molecule has 0 bridgehead atoms. The van der Waals surface area contributed by atoms with E-state index in [1.54, 1.807) is 11.0 Å². The summed E-state index contributed by atoms with van der Waals surface area (Å²) >= 11 is 0. The number of aryl methyl sites for hydroxylation is 2. The third-order valence-electron chi connectivity index (χ3n) is 5.68. The minimum atomic E-state index is -0.738. The lowest BCUT2D eigenvalue weighted by Crippen LogP contribution is -2.46. The van der Waals surface area contributed by atoms with E-state index >= 15 is 0 Å². The van der Waals surface area contributed by atoms with Gasteiger partial charge in [-0.3, -0.25) is 4.79 Å². The largest absolute Gasteiger partial charge is 0.467 e. The van der Waals surface area contributed by atoms with E-state index < -0.39 is 12.0 Å². The van der Waals surface area contributed by atoms with Gasteiger partial charge in [0.15, 0.2) is 0 Å². The van der Waals surface area contributed by atoms with Crippen LogP contribution in [0, 0.1) is 6.92 Å². The molecule has 0 aliphatic carbocycles. The Labute approximate surface area is 196 Å². The van der Waals surface area contributed by atoms with Crippen molar-refractivity contribution in [2.75, 3.05) is 7.11 Å². The average molecular weight is 442 g/mol. The van der Waals surface area contributed by atoms with Crippen LogP contribution in [0.25, 0.3) is 6.08 Å². The Hall–Kier alpha value is -3.66. The normalized spacial score (nSPS) is 11.8. The van der Waals surface area contributed by atoms with Crippen LogP contribution in [0.5, 0.6) is 0 Å². The zero-order valence-electron chi connectivity index (χ0n) is 19.5. The van der Waals surface area contributed by atoms with Crippen LogP contribution in [0.15, 0.2) is 84.9 Å². The average Bonchev–Trinajstić information content (AvgIpc) is 2.86. The predicted molar refractivity (Wildman–Crippen MR) is 133 cm³/mol. The number of rotatable bonds is 9. The molecule has 1 atom stereocenters. The Morgan fingerprint density at radius 3 is 2.12 bits per heavy atom. The summed E-state index contributed by atoms with van der Waals surface area (Å²) in [6.45, 7) is 4.44. The first kappa shape index (κ1) is 24.0. The Morgan fingerprint density at radius 1 is 0.879 bits per heavy atom. The van der Waals surface area contributed by atoms with Crippen LogP contribution < -0.4 is 0 Å². The number of hydrogen-bond acceptors (Lipinski definition) is 3. The van der Waals surface area contributed by atoms with E-state index in [0.29, 0.717) is 13.0 Å². The van der Waals surface area contributed by atoms with E-state index in [0.717, 1.165) is 28.7 Å². The minimum absolute atomic E-state index is 0.235. The van der Waals surface area contributed by atoms with Crippen LogP contribution >= 0.6 is 0 Å². The summed E-state index contributed by atoms with van der Waals surface area (Å²) in [5, 5.41) is 0. The lowest BCUT2D eigenvalue weighted by Gasteiger charge is -2.29. The Kier molecular flexibility index (Phi) is 8.59. The zero-order chi connectivity index (χ0) is 23.6. The maximum Gasteiger partial charge on any atom is 0.328 e. The molecule has 3 aromatic rings. The molecule has 4 nitrogen and oxygen atoms in total. The van der Waals surface area contributed by atoms with Crippen molar-refractivity contribution in [2.45, 2.75) is 39.3 Å². The van der Waals surface area contributed by atoms with Crippen molar-refractivity contribution in [3.8, 4) is 0 Å². The molecule has 1 amide bonds. The van der Waals surface area contributed by atoms with Crippen LogP contribution in [0.2, 0.25) is 0 Å². The van der Waals surface area contributed by atoms with Crippen molar-refractivity contribution in [1.82, 2.24) is 4.90 Å². The standard InChI is InChI=1S/C29H31NO3/c1-4-23-14-16-26(17-15-23)21-30(28(31)19-18-24-12-10-22(2)11-13-24)27(29(32)33-3)20-25-8-6-5-7-9-25/h5-19,27H,4,20-21H2,1-3H3. The van der Waals surface area contributed by atoms with E-state index in [1.165, 1.54) is 18.7 Å². The van der Waals surface area contributed by atoms with Crippen molar-refractivity contribution >= 4 is 18.0 Å². The summed E-state index contributed by atoms with van der Waals surface area (Å²) in [7, 11) is 1.36. The van der Waals surface area contributed by atoms with Crippen LogP contribution in [-0.2, 0) is 33.7 Å². The van der Waals surface area contributed by atoms with Gasteiger partial charge in [-0.05, 0) is 41.7 Å². The smallest absolute Gasteiger partial charge is 0.328 e. The van der Waals surface area contributed by atoms with E-state index in [1.807, 2.05) is 73.7 Å². The summed E-state index contributed by atoms with van der Waals surface area (Å²) in [5.74, 6) is -0.664. The molecule has 0 radical (unpaired) electrons. The van der Waals surface area contributed by atoms with Gasteiger partial charge in [-0.2, -0.15) is 0 Å². The molecule has 0 N–H and O–H groups in total. The second-order valence-corrected chi connectivity index (χ2v) is 8.11. The molecule has 0 aliphatic rings. The second kappa shape index (κ2) is 11.8. The number of nitrogens with zero attached hydrogens (tertiary/aromatic N) is 1. The topological polar surface area (TPSA) is 46.6 Å². The Bertz CT molecular complexity index is 1070. The number of benzene rings is 3. The fourth-order valence-corrected chi connectivity index (χ4v) is 3.65. The fraction of sp³-hybridized carbons (Fsp3) is 0.241. The van der Waals surface area contributed by atoms with E-state index in [-0.39, 0.29) is 5.91 Å². The first-order valence-electron chi connectivity index (χ1n) is 11.2. The monoisotopic (exact) mass is 441 g/mol. The Balaban J connectivity index is 1.92. The van der Waals surface area contributed by atoms with Gasteiger partial charge in [0, 0.05) is 19.0 Å². The van der Waals surface area contributed by atoms with E-state index in [9.17, 15) is 9.59 Å². The number of amides is 1. The van der Waals surface area contributed by atoms with Gasteiger partial charge in [0.05, 0.1) is 7.11 Å². The first-order valence-corrected chi connectivity index (χ1v) is 11.2. The highest BCUT2D eigenvalue weighted by atomic mass is 16.5. The summed E-state index contributed by atoms with van der Waals surface area (Å²) in [6, 6.07) is 25.0. The number of hydrogen-bond donors (Lipinski definition) is 0. The fourth-order valence-electron chi connectivity index (χ4n) is 3.65. The highest BCUT2D eigenvalue weighted by Crippen LogP contribution is 2.17. The van der Waals surface area contributed by atoms with Gasteiger partial charge in [-0.15, -0.1) is 0 Å². The predicted octanol–water partition coefficient (Wildman–Crippen LogP) is 5.38. The summed E-state index contributed by atoms with van der Waals surface area (Å²) < 4.78 is 5.11. The maximum atomic E-state index is 13.4. The van der Waals surface area contributed by atoms with Crippen LogP contribution in [0.3, 0.4) is 0 Å². The van der Waals surface area contributed by atoms with Gasteiger partial charge < -0.3 is 9.64 Å². The third kappa shape index (κ3) is 6.91. The molecule has 170 valence electrons.